The Bertz CT molecular complexity index is 549. The summed E-state index contributed by atoms with van der Waals surface area (Å²) in [6.07, 6.45) is 3.38. The fraction of sp³-hybridized carbons (Fsp3) is 0.500. The van der Waals surface area contributed by atoms with Crippen LogP contribution in [0.25, 0.3) is 10.9 Å². The second-order valence-corrected chi connectivity index (χ2v) is 5.73. The van der Waals surface area contributed by atoms with Gasteiger partial charge in [0.15, 0.2) is 0 Å². The molecule has 0 atom stereocenters. The van der Waals surface area contributed by atoms with Gasteiger partial charge in [-0.15, -0.1) is 0 Å². The van der Waals surface area contributed by atoms with Crippen molar-refractivity contribution in [2.75, 3.05) is 13.6 Å². The van der Waals surface area contributed by atoms with Gasteiger partial charge < -0.3 is 9.88 Å². The Kier molecular flexibility index (Phi) is 3.49. The molecule has 2 rings (SSSR count). The van der Waals surface area contributed by atoms with Crippen molar-refractivity contribution in [2.24, 2.45) is 7.05 Å². The number of hydrogen-bond donors (Lipinski definition) is 1. The van der Waals surface area contributed by atoms with E-state index in [-0.39, 0.29) is 5.41 Å². The van der Waals surface area contributed by atoms with Crippen LogP contribution in [0.3, 0.4) is 0 Å². The smallest absolute Gasteiger partial charge is 0.0513 e. The lowest BCUT2D eigenvalue weighted by molar-refractivity contribution is 0.496. The molecule has 2 aromatic rings. The third kappa shape index (κ3) is 2.05. The zero-order valence-electron chi connectivity index (χ0n) is 12.2. The van der Waals surface area contributed by atoms with Gasteiger partial charge >= 0.3 is 0 Å². The van der Waals surface area contributed by atoms with Crippen molar-refractivity contribution in [1.82, 2.24) is 9.88 Å². The van der Waals surface area contributed by atoms with Crippen molar-refractivity contribution < 1.29 is 0 Å². The molecule has 0 saturated heterocycles. The fourth-order valence-electron chi connectivity index (χ4n) is 2.91. The van der Waals surface area contributed by atoms with E-state index in [0.29, 0.717) is 0 Å². The lowest BCUT2D eigenvalue weighted by Gasteiger charge is -2.24. The number of likely N-dealkylation sites (N-methyl/N-ethyl adjacent to an activating group) is 1. The summed E-state index contributed by atoms with van der Waals surface area (Å²) in [4.78, 5) is 0. The number of aryl methyl sites for hydroxylation is 2. The Morgan fingerprint density at radius 1 is 1.28 bits per heavy atom. The average molecular weight is 244 g/mol. The summed E-state index contributed by atoms with van der Waals surface area (Å²) in [5.74, 6) is 0. The Balaban J connectivity index is 2.67. The number of aromatic nitrogens is 1. The quantitative estimate of drug-likeness (QED) is 0.873. The predicted octanol–water partition coefficient (Wildman–Crippen LogP) is 3.24. The lowest BCUT2D eigenvalue weighted by Crippen LogP contribution is -2.30. The molecule has 2 heteroatoms. The van der Waals surface area contributed by atoms with Crippen LogP contribution in [-0.2, 0) is 18.9 Å². The largest absolute Gasteiger partial charge is 0.350 e. The van der Waals surface area contributed by atoms with Crippen molar-refractivity contribution in [1.29, 1.82) is 0 Å². The van der Waals surface area contributed by atoms with Gasteiger partial charge in [-0.05, 0) is 24.6 Å². The predicted molar refractivity (Wildman–Crippen MR) is 79.2 cm³/mol. The molecule has 0 bridgehead atoms. The molecule has 0 radical (unpaired) electrons. The van der Waals surface area contributed by atoms with Crippen molar-refractivity contribution in [2.45, 2.75) is 32.6 Å². The van der Waals surface area contributed by atoms with Crippen LogP contribution in [0.4, 0.5) is 0 Å². The van der Waals surface area contributed by atoms with Gasteiger partial charge in [-0.1, -0.05) is 39.0 Å². The summed E-state index contributed by atoms with van der Waals surface area (Å²) in [5.41, 5.74) is 4.41. The van der Waals surface area contributed by atoms with E-state index in [0.717, 1.165) is 13.0 Å². The monoisotopic (exact) mass is 244 g/mol. The first-order valence-corrected chi connectivity index (χ1v) is 6.73. The van der Waals surface area contributed by atoms with Crippen molar-refractivity contribution in [3.05, 3.63) is 35.5 Å². The van der Waals surface area contributed by atoms with E-state index in [1.54, 1.807) is 0 Å². The lowest BCUT2D eigenvalue weighted by atomic mass is 9.84. The molecular weight excluding hydrogens is 220 g/mol. The summed E-state index contributed by atoms with van der Waals surface area (Å²) in [6.45, 7) is 7.82. The Morgan fingerprint density at radius 2 is 2.00 bits per heavy atom. The van der Waals surface area contributed by atoms with Gasteiger partial charge in [-0.3, -0.25) is 0 Å². The van der Waals surface area contributed by atoms with Crippen LogP contribution in [0.5, 0.6) is 0 Å². The van der Waals surface area contributed by atoms with E-state index in [4.69, 9.17) is 0 Å². The minimum absolute atomic E-state index is 0.153. The van der Waals surface area contributed by atoms with Gasteiger partial charge in [-0.2, -0.15) is 0 Å². The standard InChI is InChI=1S/C16H24N2/c1-6-12-8-7-9-13-14(10-18(5)15(12)13)16(2,3)11-17-4/h7-10,17H,6,11H2,1-5H3. The van der Waals surface area contributed by atoms with Crippen LogP contribution in [-0.4, -0.2) is 18.2 Å². The number of nitrogens with zero attached hydrogens (tertiary/aromatic N) is 1. The van der Waals surface area contributed by atoms with Gasteiger partial charge in [0.2, 0.25) is 0 Å². The molecule has 0 spiro atoms. The van der Waals surface area contributed by atoms with Crippen LogP contribution in [0, 0.1) is 0 Å². The van der Waals surface area contributed by atoms with E-state index < -0.39 is 0 Å². The minimum Gasteiger partial charge on any atom is -0.350 e. The summed E-state index contributed by atoms with van der Waals surface area (Å²) in [6, 6.07) is 6.67. The van der Waals surface area contributed by atoms with Crippen LogP contribution < -0.4 is 5.32 Å². The minimum atomic E-state index is 0.153. The maximum absolute atomic E-state index is 3.30. The third-order valence-electron chi connectivity index (χ3n) is 3.81. The van der Waals surface area contributed by atoms with E-state index >= 15 is 0 Å². The first-order chi connectivity index (χ1) is 8.51. The fourth-order valence-corrected chi connectivity index (χ4v) is 2.91. The summed E-state index contributed by atoms with van der Waals surface area (Å²) >= 11 is 0. The normalized spacial score (nSPS) is 12.3. The van der Waals surface area contributed by atoms with E-state index in [1.807, 2.05) is 7.05 Å². The number of benzene rings is 1. The van der Waals surface area contributed by atoms with Gasteiger partial charge in [0.1, 0.15) is 0 Å². The summed E-state index contributed by atoms with van der Waals surface area (Å²) in [5, 5.41) is 4.70. The summed E-state index contributed by atoms with van der Waals surface area (Å²) < 4.78 is 2.28. The molecule has 2 nitrogen and oxygen atoms in total. The van der Waals surface area contributed by atoms with Crippen LogP contribution >= 0.6 is 0 Å². The molecule has 1 heterocycles. The third-order valence-corrected chi connectivity index (χ3v) is 3.81. The van der Waals surface area contributed by atoms with Crippen LogP contribution in [0.2, 0.25) is 0 Å². The molecule has 1 N–H and O–H groups in total. The number of nitrogens with one attached hydrogen (secondary N) is 1. The highest BCUT2D eigenvalue weighted by molar-refractivity contribution is 5.87. The molecule has 0 aliphatic carbocycles. The first-order valence-electron chi connectivity index (χ1n) is 6.73. The zero-order chi connectivity index (χ0) is 13.3. The molecule has 98 valence electrons. The number of hydrogen-bond acceptors (Lipinski definition) is 1. The molecule has 0 amide bonds. The topological polar surface area (TPSA) is 17.0 Å². The van der Waals surface area contributed by atoms with Crippen LogP contribution in [0.1, 0.15) is 31.9 Å². The number of fused-ring (bicyclic) bond motifs is 1. The van der Waals surface area contributed by atoms with Gasteiger partial charge in [0.25, 0.3) is 0 Å². The Morgan fingerprint density at radius 3 is 2.61 bits per heavy atom. The number of rotatable bonds is 4. The van der Waals surface area contributed by atoms with E-state index in [1.165, 1.54) is 22.0 Å². The van der Waals surface area contributed by atoms with Crippen molar-refractivity contribution in [3.63, 3.8) is 0 Å². The molecule has 18 heavy (non-hydrogen) atoms. The molecule has 0 fully saturated rings. The Hall–Kier alpha value is -1.28. The molecular formula is C16H24N2. The highest BCUT2D eigenvalue weighted by Crippen LogP contribution is 2.32. The second-order valence-electron chi connectivity index (χ2n) is 5.73. The molecule has 1 aromatic carbocycles. The SMILES string of the molecule is CCc1cccc2c(C(C)(C)CNC)cn(C)c12. The van der Waals surface area contributed by atoms with Gasteiger partial charge in [0.05, 0.1) is 5.52 Å². The van der Waals surface area contributed by atoms with Crippen molar-refractivity contribution in [3.8, 4) is 0 Å². The maximum Gasteiger partial charge on any atom is 0.0513 e. The molecule has 1 aromatic heterocycles. The van der Waals surface area contributed by atoms with Crippen molar-refractivity contribution >= 4 is 10.9 Å². The first kappa shape index (κ1) is 13.2. The molecule has 0 aliphatic rings. The van der Waals surface area contributed by atoms with E-state index in [2.05, 4.69) is 62.1 Å². The molecule has 0 unspecified atom stereocenters. The molecule has 0 aliphatic heterocycles. The maximum atomic E-state index is 3.30. The average Bonchev–Trinajstić information content (AvgIpc) is 2.68. The van der Waals surface area contributed by atoms with E-state index in [9.17, 15) is 0 Å². The molecule has 0 saturated carbocycles. The van der Waals surface area contributed by atoms with Gasteiger partial charge in [-0.25, -0.2) is 0 Å². The summed E-state index contributed by atoms with van der Waals surface area (Å²) in [7, 11) is 4.17. The van der Waals surface area contributed by atoms with Crippen LogP contribution in [0.15, 0.2) is 24.4 Å². The highest BCUT2D eigenvalue weighted by Gasteiger charge is 2.24. The zero-order valence-corrected chi connectivity index (χ0v) is 12.2. The number of para-hydroxylation sites is 1. The van der Waals surface area contributed by atoms with Gasteiger partial charge in [0, 0.05) is 30.6 Å². The highest BCUT2D eigenvalue weighted by atomic mass is 14.9. The Labute approximate surface area is 110 Å². The second kappa shape index (κ2) is 4.77.